The number of aliphatic carboxylic acids is 1. The maximum atomic E-state index is 12.2. The molecule has 0 radical (unpaired) electrons. The number of thiophene rings is 1. The van der Waals surface area contributed by atoms with Crippen molar-refractivity contribution in [3.63, 3.8) is 0 Å². The van der Waals surface area contributed by atoms with Crippen molar-refractivity contribution in [2.24, 2.45) is 0 Å². The maximum Gasteiger partial charge on any atom is 0.303 e. The predicted molar refractivity (Wildman–Crippen MR) is 74.0 cm³/mol. The standard InChI is InChI=1S/C14H19NO3S/c16-13(3-1-2-4-14(17)18)15(12-5-6-12)9-11-7-8-19-10-11/h7-8,10,12H,1-6,9H2,(H,17,18). The molecule has 0 aromatic carbocycles. The Morgan fingerprint density at radius 2 is 2.05 bits per heavy atom. The molecule has 19 heavy (non-hydrogen) atoms. The van der Waals surface area contributed by atoms with Gasteiger partial charge in [0.25, 0.3) is 0 Å². The summed E-state index contributed by atoms with van der Waals surface area (Å²) >= 11 is 1.65. The minimum Gasteiger partial charge on any atom is -0.481 e. The fourth-order valence-electron chi connectivity index (χ4n) is 2.08. The first-order valence-corrected chi connectivity index (χ1v) is 7.63. The van der Waals surface area contributed by atoms with Crippen LogP contribution in [-0.4, -0.2) is 27.9 Å². The number of unbranched alkanes of at least 4 members (excludes halogenated alkanes) is 1. The van der Waals surface area contributed by atoms with Crippen LogP contribution in [0.25, 0.3) is 0 Å². The van der Waals surface area contributed by atoms with Gasteiger partial charge in [-0.05, 0) is 48.1 Å². The number of carbonyl (C=O) groups is 2. The van der Waals surface area contributed by atoms with E-state index in [4.69, 9.17) is 5.11 Å². The van der Waals surface area contributed by atoms with Crippen LogP contribution in [0.15, 0.2) is 16.8 Å². The minimum absolute atomic E-state index is 0.154. The molecular weight excluding hydrogens is 262 g/mol. The Hall–Kier alpha value is -1.36. The Balaban J connectivity index is 1.78. The van der Waals surface area contributed by atoms with Gasteiger partial charge in [-0.3, -0.25) is 9.59 Å². The largest absolute Gasteiger partial charge is 0.481 e. The van der Waals surface area contributed by atoms with Crippen LogP contribution in [0.4, 0.5) is 0 Å². The van der Waals surface area contributed by atoms with Crippen molar-refractivity contribution < 1.29 is 14.7 Å². The second kappa shape index (κ2) is 6.70. The van der Waals surface area contributed by atoms with Crippen LogP contribution >= 0.6 is 11.3 Å². The topological polar surface area (TPSA) is 57.6 Å². The van der Waals surface area contributed by atoms with E-state index >= 15 is 0 Å². The second-order valence-electron chi connectivity index (χ2n) is 4.99. The van der Waals surface area contributed by atoms with E-state index < -0.39 is 5.97 Å². The number of nitrogens with zero attached hydrogens (tertiary/aromatic N) is 1. The summed E-state index contributed by atoms with van der Waals surface area (Å²) < 4.78 is 0. The molecule has 0 aliphatic heterocycles. The van der Waals surface area contributed by atoms with Crippen LogP contribution in [0.5, 0.6) is 0 Å². The molecule has 1 fully saturated rings. The van der Waals surface area contributed by atoms with Gasteiger partial charge in [-0.1, -0.05) is 0 Å². The molecule has 104 valence electrons. The highest BCUT2D eigenvalue weighted by Crippen LogP contribution is 2.29. The van der Waals surface area contributed by atoms with E-state index in [9.17, 15) is 9.59 Å². The fourth-order valence-corrected chi connectivity index (χ4v) is 2.74. The van der Waals surface area contributed by atoms with Crippen LogP contribution in [0.1, 0.15) is 44.1 Å². The molecule has 4 nitrogen and oxygen atoms in total. The maximum absolute atomic E-state index is 12.2. The van der Waals surface area contributed by atoms with Crippen LogP contribution in [0.2, 0.25) is 0 Å². The molecule has 5 heteroatoms. The number of hydrogen-bond donors (Lipinski definition) is 1. The Kier molecular flexibility index (Phi) is 4.96. The lowest BCUT2D eigenvalue weighted by atomic mass is 10.1. The Morgan fingerprint density at radius 1 is 1.32 bits per heavy atom. The molecule has 0 saturated heterocycles. The smallest absolute Gasteiger partial charge is 0.303 e. The van der Waals surface area contributed by atoms with Crippen LogP contribution in [0.3, 0.4) is 0 Å². The highest BCUT2D eigenvalue weighted by atomic mass is 32.1. The first kappa shape index (κ1) is 14.1. The van der Waals surface area contributed by atoms with Gasteiger partial charge in [0.1, 0.15) is 0 Å². The van der Waals surface area contributed by atoms with Crippen molar-refractivity contribution in [1.82, 2.24) is 4.90 Å². The molecule has 1 saturated carbocycles. The number of carboxylic acids is 1. The van der Waals surface area contributed by atoms with Gasteiger partial charge in [0.2, 0.25) is 5.91 Å². The van der Waals surface area contributed by atoms with Gasteiger partial charge < -0.3 is 10.0 Å². The number of rotatable bonds is 8. The predicted octanol–water partition coefficient (Wildman–Crippen LogP) is 2.88. The van der Waals surface area contributed by atoms with Gasteiger partial charge in [0.05, 0.1) is 0 Å². The Labute approximate surface area is 117 Å². The summed E-state index contributed by atoms with van der Waals surface area (Å²) in [6.07, 6.45) is 4.07. The molecule has 0 atom stereocenters. The Bertz CT molecular complexity index is 426. The fraction of sp³-hybridized carbons (Fsp3) is 0.571. The van der Waals surface area contributed by atoms with Crippen molar-refractivity contribution in [3.8, 4) is 0 Å². The van der Waals surface area contributed by atoms with E-state index in [2.05, 4.69) is 11.4 Å². The molecule has 1 N–H and O–H groups in total. The quantitative estimate of drug-likeness (QED) is 0.745. The first-order chi connectivity index (χ1) is 9.16. The van der Waals surface area contributed by atoms with Crippen LogP contribution in [-0.2, 0) is 16.1 Å². The molecule has 1 aliphatic carbocycles. The molecule has 0 unspecified atom stereocenters. The lowest BCUT2D eigenvalue weighted by molar-refractivity contribution is -0.137. The molecule has 0 spiro atoms. The normalized spacial score (nSPS) is 14.3. The summed E-state index contributed by atoms with van der Waals surface area (Å²) in [5.41, 5.74) is 1.19. The van der Waals surface area contributed by atoms with Crippen molar-refractivity contribution in [2.45, 2.75) is 51.1 Å². The Morgan fingerprint density at radius 3 is 2.63 bits per heavy atom. The van der Waals surface area contributed by atoms with E-state index in [1.54, 1.807) is 11.3 Å². The van der Waals surface area contributed by atoms with Crippen molar-refractivity contribution in [2.75, 3.05) is 0 Å². The van der Waals surface area contributed by atoms with Gasteiger partial charge in [-0.25, -0.2) is 0 Å². The SMILES string of the molecule is O=C(O)CCCCC(=O)N(Cc1ccsc1)C1CC1. The third-order valence-electron chi connectivity index (χ3n) is 3.27. The van der Waals surface area contributed by atoms with E-state index in [0.717, 1.165) is 12.8 Å². The number of hydrogen-bond acceptors (Lipinski definition) is 3. The summed E-state index contributed by atoms with van der Waals surface area (Å²) in [4.78, 5) is 24.6. The average molecular weight is 281 g/mol. The van der Waals surface area contributed by atoms with Crippen LogP contribution < -0.4 is 0 Å². The molecule has 1 aromatic heterocycles. The average Bonchev–Trinajstić information content (AvgIpc) is 3.08. The second-order valence-corrected chi connectivity index (χ2v) is 5.77. The van der Waals surface area contributed by atoms with Gasteiger partial charge in [0.15, 0.2) is 0 Å². The first-order valence-electron chi connectivity index (χ1n) is 6.69. The highest BCUT2D eigenvalue weighted by molar-refractivity contribution is 7.07. The third kappa shape index (κ3) is 4.67. The third-order valence-corrected chi connectivity index (χ3v) is 4.00. The van der Waals surface area contributed by atoms with Gasteiger partial charge >= 0.3 is 5.97 Å². The highest BCUT2D eigenvalue weighted by Gasteiger charge is 2.32. The number of carbonyl (C=O) groups excluding carboxylic acids is 1. The molecule has 1 heterocycles. The number of carboxylic acid groups (broad SMARTS) is 1. The molecule has 1 aliphatic rings. The lowest BCUT2D eigenvalue weighted by Gasteiger charge is -2.22. The zero-order valence-corrected chi connectivity index (χ0v) is 11.7. The monoisotopic (exact) mass is 281 g/mol. The summed E-state index contributed by atoms with van der Waals surface area (Å²) in [5.74, 6) is -0.621. The van der Waals surface area contributed by atoms with E-state index in [1.807, 2.05) is 10.3 Å². The molecule has 2 rings (SSSR count). The summed E-state index contributed by atoms with van der Waals surface area (Å²) in [6, 6.07) is 2.46. The van der Waals surface area contributed by atoms with Crippen molar-refractivity contribution >= 4 is 23.2 Å². The summed E-state index contributed by atoms with van der Waals surface area (Å²) in [7, 11) is 0. The van der Waals surface area contributed by atoms with Crippen LogP contribution in [0, 0.1) is 0 Å². The summed E-state index contributed by atoms with van der Waals surface area (Å²) in [6.45, 7) is 0.700. The van der Waals surface area contributed by atoms with E-state index in [1.165, 1.54) is 5.56 Å². The zero-order chi connectivity index (χ0) is 13.7. The minimum atomic E-state index is -0.787. The molecule has 0 bridgehead atoms. The number of amides is 1. The lowest BCUT2D eigenvalue weighted by Crippen LogP contribution is -2.32. The van der Waals surface area contributed by atoms with Gasteiger partial charge in [-0.15, -0.1) is 0 Å². The molecule has 1 amide bonds. The van der Waals surface area contributed by atoms with E-state index in [-0.39, 0.29) is 12.3 Å². The van der Waals surface area contributed by atoms with Gasteiger partial charge in [0, 0.05) is 25.4 Å². The van der Waals surface area contributed by atoms with Crippen molar-refractivity contribution in [1.29, 1.82) is 0 Å². The van der Waals surface area contributed by atoms with Crippen molar-refractivity contribution in [3.05, 3.63) is 22.4 Å². The zero-order valence-electron chi connectivity index (χ0n) is 10.9. The van der Waals surface area contributed by atoms with E-state index in [0.29, 0.717) is 31.8 Å². The summed E-state index contributed by atoms with van der Waals surface area (Å²) in [5, 5.41) is 12.7. The van der Waals surface area contributed by atoms with Gasteiger partial charge in [-0.2, -0.15) is 11.3 Å². The molecular formula is C14H19NO3S. The molecule has 1 aromatic rings.